The number of nitrogens with zero attached hydrogens (tertiary/aromatic N) is 1. The fraction of sp³-hybridized carbons (Fsp3) is 1.00. The Morgan fingerprint density at radius 3 is 2.52 bits per heavy atom. The molecule has 0 spiro atoms. The smallest absolute Gasteiger partial charge is 0.150 e. The molecule has 0 radical (unpaired) electrons. The fourth-order valence-electron chi connectivity index (χ4n) is 6.72. The van der Waals surface area contributed by atoms with Gasteiger partial charge in [-0.25, -0.2) is 0 Å². The van der Waals surface area contributed by atoms with Gasteiger partial charge in [-0.2, -0.15) is 9.48 Å². The number of aliphatic hydroxyl groups excluding tert-OH is 3. The van der Waals surface area contributed by atoms with Crippen LogP contribution in [0.5, 0.6) is 0 Å². The van der Waals surface area contributed by atoms with Crippen LogP contribution in [0.2, 0.25) is 0 Å². The zero-order valence-electron chi connectivity index (χ0n) is 16.4. The first kappa shape index (κ1) is 19.6. The zero-order valence-corrected chi connectivity index (χ0v) is 16.4. The molecule has 2 saturated carbocycles. The molecule has 1 aliphatic heterocycles. The van der Waals surface area contributed by atoms with Crippen molar-refractivity contribution in [3.63, 3.8) is 0 Å². The van der Waals surface area contributed by atoms with Crippen molar-refractivity contribution >= 4 is 0 Å². The summed E-state index contributed by atoms with van der Waals surface area (Å²) >= 11 is 0. The van der Waals surface area contributed by atoms with E-state index < -0.39 is 0 Å². The van der Waals surface area contributed by atoms with Gasteiger partial charge < -0.3 is 15.3 Å². The van der Waals surface area contributed by atoms with Crippen LogP contribution in [-0.4, -0.2) is 65.5 Å². The van der Waals surface area contributed by atoms with E-state index in [1.165, 1.54) is 12.8 Å². The zero-order chi connectivity index (χ0) is 18.4. The molecule has 5 nitrogen and oxygen atoms in total. The van der Waals surface area contributed by atoms with Crippen molar-refractivity contribution in [1.29, 1.82) is 0 Å². The molecule has 0 amide bonds. The lowest BCUT2D eigenvalue weighted by atomic mass is 9.61. The third-order valence-electron chi connectivity index (χ3n) is 8.03. The monoisotopic (exact) mass is 356 g/mol. The summed E-state index contributed by atoms with van der Waals surface area (Å²) < 4.78 is 0.413. The van der Waals surface area contributed by atoms with Gasteiger partial charge in [0.05, 0.1) is 39.3 Å². The summed E-state index contributed by atoms with van der Waals surface area (Å²) in [5.74, 6) is 1.59. The van der Waals surface area contributed by atoms with Crippen LogP contribution in [0.15, 0.2) is 0 Å². The fourth-order valence-corrected chi connectivity index (χ4v) is 6.72. The van der Waals surface area contributed by atoms with E-state index >= 15 is 0 Å². The number of hydrogen-bond donors (Lipinski definition) is 3. The van der Waals surface area contributed by atoms with Crippen LogP contribution in [0.4, 0.5) is 0 Å². The molecule has 25 heavy (non-hydrogen) atoms. The van der Waals surface area contributed by atoms with E-state index in [2.05, 4.69) is 13.8 Å². The van der Waals surface area contributed by atoms with Gasteiger partial charge in [-0.3, -0.25) is 0 Å². The molecule has 3 aliphatic rings. The predicted octanol–water partition coefficient (Wildman–Crippen LogP) is 1.95. The van der Waals surface area contributed by atoms with Gasteiger partial charge in [-0.15, -0.1) is 0 Å². The van der Waals surface area contributed by atoms with Crippen LogP contribution in [0.25, 0.3) is 0 Å². The van der Waals surface area contributed by atoms with Crippen LogP contribution < -0.4 is 0 Å². The molecular weight excluding hydrogens is 318 g/mol. The summed E-state index contributed by atoms with van der Waals surface area (Å²) in [6.45, 7) is 4.78. The maximum Gasteiger partial charge on any atom is 0.150 e. The van der Waals surface area contributed by atoms with E-state index in [-0.39, 0.29) is 42.8 Å². The Labute approximate surface area is 152 Å². The molecule has 1 unspecified atom stereocenters. The first-order chi connectivity index (χ1) is 11.7. The number of rotatable bonds is 5. The Bertz CT molecular complexity index is 471. The van der Waals surface area contributed by atoms with Gasteiger partial charge in [0, 0.05) is 6.42 Å². The van der Waals surface area contributed by atoms with Gasteiger partial charge in [0.2, 0.25) is 0 Å². The van der Waals surface area contributed by atoms with Gasteiger partial charge >= 0.3 is 0 Å². The average Bonchev–Trinajstić information content (AvgIpc) is 3.02. The quantitative estimate of drug-likeness (QED) is 0.659. The topological polar surface area (TPSA) is 69.9 Å². The lowest BCUT2D eigenvalue weighted by molar-refractivity contribution is -1.08. The Hall–Kier alpha value is -0.200. The molecule has 1 heterocycles. The minimum atomic E-state index is -0.277. The maximum absolute atomic E-state index is 10.5. The highest BCUT2D eigenvalue weighted by Gasteiger charge is 2.55. The van der Waals surface area contributed by atoms with Crippen LogP contribution in [-0.2, 0) is 4.84 Å². The molecule has 3 fully saturated rings. The third-order valence-corrected chi connectivity index (χ3v) is 8.03. The molecule has 5 heteroatoms. The molecule has 146 valence electrons. The molecule has 8 atom stereocenters. The minimum absolute atomic E-state index is 0.00981. The predicted molar refractivity (Wildman–Crippen MR) is 96.4 cm³/mol. The van der Waals surface area contributed by atoms with E-state index in [9.17, 15) is 15.3 Å². The van der Waals surface area contributed by atoms with Gasteiger partial charge in [0.25, 0.3) is 0 Å². The molecular formula is C20H38NO4+. The number of aliphatic hydroxyl groups is 3. The summed E-state index contributed by atoms with van der Waals surface area (Å²) in [5.41, 5.74) is 0.249. The van der Waals surface area contributed by atoms with Gasteiger partial charge in [0.15, 0.2) is 6.10 Å². The number of quaternary nitrogens is 1. The standard InChI is InChI=1S/C20H38NO4/c1-13(10-17-14(11-22)19(12-23)25-21(17,3)4)15-7-8-16-18(24)6-5-9-20(15,16)2/h13-19,22-24H,5-12H2,1-4H3/q+1/t13-,14+,15-,16+,17+,18?,19-,20-/m1/s1. The molecule has 0 aromatic heterocycles. The highest BCUT2D eigenvalue weighted by atomic mass is 16.7. The van der Waals surface area contributed by atoms with Gasteiger partial charge in [-0.1, -0.05) is 20.3 Å². The minimum Gasteiger partial charge on any atom is -0.396 e. The largest absolute Gasteiger partial charge is 0.396 e. The van der Waals surface area contributed by atoms with Crippen molar-refractivity contribution in [1.82, 2.24) is 0 Å². The van der Waals surface area contributed by atoms with E-state index in [0.29, 0.717) is 22.4 Å². The highest BCUT2D eigenvalue weighted by molar-refractivity contribution is 5.02. The molecule has 0 aromatic carbocycles. The van der Waals surface area contributed by atoms with Crippen molar-refractivity contribution in [2.24, 2.45) is 29.1 Å². The van der Waals surface area contributed by atoms with Crippen molar-refractivity contribution < 1.29 is 24.8 Å². The first-order valence-electron chi connectivity index (χ1n) is 10.2. The van der Waals surface area contributed by atoms with Crippen LogP contribution >= 0.6 is 0 Å². The Kier molecular flexibility index (Phi) is 5.54. The molecule has 0 bridgehead atoms. The van der Waals surface area contributed by atoms with Crippen molar-refractivity contribution in [3.05, 3.63) is 0 Å². The Balaban J connectivity index is 1.74. The second kappa shape index (κ2) is 7.08. The molecule has 3 rings (SSSR count). The lowest BCUT2D eigenvalue weighted by Gasteiger charge is -2.46. The Morgan fingerprint density at radius 1 is 1.16 bits per heavy atom. The SMILES string of the molecule is C[C@H](C[C@H]1[C@H](CO)[C@@H](CO)O[N+]1(C)C)[C@H]1CC[C@H]2C(O)CCC[C@]12C. The molecule has 0 aromatic rings. The molecule has 3 N–H and O–H groups in total. The molecule has 1 saturated heterocycles. The van der Waals surface area contributed by atoms with E-state index in [4.69, 9.17) is 4.84 Å². The van der Waals surface area contributed by atoms with Crippen LogP contribution in [0, 0.1) is 29.1 Å². The van der Waals surface area contributed by atoms with E-state index in [1.807, 2.05) is 14.1 Å². The highest BCUT2D eigenvalue weighted by Crippen LogP contribution is 2.58. The van der Waals surface area contributed by atoms with Gasteiger partial charge in [-0.05, 0) is 48.9 Å². The van der Waals surface area contributed by atoms with Crippen molar-refractivity contribution in [2.45, 2.75) is 70.6 Å². The summed E-state index contributed by atoms with van der Waals surface area (Å²) in [7, 11) is 4.08. The lowest BCUT2D eigenvalue weighted by Crippen LogP contribution is -2.48. The van der Waals surface area contributed by atoms with Crippen molar-refractivity contribution in [2.75, 3.05) is 27.3 Å². The second-order valence-electron chi connectivity index (χ2n) is 9.64. The first-order valence-corrected chi connectivity index (χ1v) is 10.2. The van der Waals surface area contributed by atoms with E-state index in [1.54, 1.807) is 0 Å². The summed E-state index contributed by atoms with van der Waals surface area (Å²) in [4.78, 5) is 6.01. The van der Waals surface area contributed by atoms with Crippen molar-refractivity contribution in [3.8, 4) is 0 Å². The van der Waals surface area contributed by atoms with Crippen LogP contribution in [0.1, 0.15) is 52.4 Å². The summed E-state index contributed by atoms with van der Waals surface area (Å²) in [5, 5.41) is 30.0. The van der Waals surface area contributed by atoms with Crippen LogP contribution in [0.3, 0.4) is 0 Å². The normalized spacial score (nSPS) is 47.6. The molecule has 2 aliphatic carbocycles. The summed E-state index contributed by atoms with van der Waals surface area (Å²) in [6.07, 6.45) is 6.28. The second-order valence-corrected chi connectivity index (χ2v) is 9.64. The number of fused-ring (bicyclic) bond motifs is 1. The number of hydroxylamine groups is 3. The number of hydrogen-bond acceptors (Lipinski definition) is 4. The van der Waals surface area contributed by atoms with E-state index in [0.717, 1.165) is 25.7 Å². The average molecular weight is 357 g/mol. The Morgan fingerprint density at radius 2 is 1.88 bits per heavy atom. The third kappa shape index (κ3) is 3.27. The maximum atomic E-state index is 10.5. The van der Waals surface area contributed by atoms with Gasteiger partial charge in [0.1, 0.15) is 6.04 Å². The summed E-state index contributed by atoms with van der Waals surface area (Å²) in [6, 6.07) is 0.202.